The van der Waals surface area contributed by atoms with Crippen LogP contribution in [0.2, 0.25) is 0 Å². The molecule has 2 aromatic rings. The van der Waals surface area contributed by atoms with Crippen LogP contribution in [-0.2, 0) is 6.54 Å². The predicted molar refractivity (Wildman–Crippen MR) is 85.3 cm³/mol. The molecule has 0 radical (unpaired) electrons. The number of aryl methyl sites for hydroxylation is 1. The summed E-state index contributed by atoms with van der Waals surface area (Å²) < 4.78 is 1.67. The predicted octanol–water partition coefficient (Wildman–Crippen LogP) is 2.16. The third-order valence-electron chi connectivity index (χ3n) is 3.35. The van der Waals surface area contributed by atoms with E-state index in [9.17, 15) is 4.79 Å². The molecular weight excluding hydrogens is 264 g/mol. The van der Waals surface area contributed by atoms with E-state index in [1.165, 1.54) is 0 Å². The van der Waals surface area contributed by atoms with Gasteiger partial charge in [-0.25, -0.2) is 4.98 Å². The van der Waals surface area contributed by atoms with Crippen molar-refractivity contribution >= 4 is 5.82 Å². The molecule has 1 aromatic heterocycles. The summed E-state index contributed by atoms with van der Waals surface area (Å²) in [5.74, 6) is 0.395. The smallest absolute Gasteiger partial charge is 0.293 e. The lowest BCUT2D eigenvalue weighted by atomic mass is 10.1. The molecule has 21 heavy (non-hydrogen) atoms. The summed E-state index contributed by atoms with van der Waals surface area (Å²) in [6.45, 7) is 3.37. The average Bonchev–Trinajstić information content (AvgIpc) is 2.52. The standard InChI is InChI=1S/C16H22N4O/c1-2-11-20-12-10-19-15(16(20)21)18-9-8-14(17)13-6-4-3-5-7-13/h3-7,10,12,14H,2,8-9,11,17H2,1H3,(H,18,19). The topological polar surface area (TPSA) is 72.9 Å². The van der Waals surface area contributed by atoms with Gasteiger partial charge in [0.1, 0.15) is 0 Å². The molecule has 5 nitrogen and oxygen atoms in total. The van der Waals surface area contributed by atoms with Crippen LogP contribution in [0.15, 0.2) is 47.5 Å². The zero-order valence-electron chi connectivity index (χ0n) is 12.3. The summed E-state index contributed by atoms with van der Waals surface area (Å²) in [5.41, 5.74) is 7.16. The number of nitrogens with one attached hydrogen (secondary N) is 1. The van der Waals surface area contributed by atoms with E-state index < -0.39 is 0 Å². The highest BCUT2D eigenvalue weighted by Gasteiger charge is 2.07. The maximum atomic E-state index is 12.1. The van der Waals surface area contributed by atoms with Gasteiger partial charge in [0, 0.05) is 31.5 Å². The van der Waals surface area contributed by atoms with E-state index in [1.807, 2.05) is 37.3 Å². The number of rotatable bonds is 7. The molecular formula is C16H22N4O. The summed E-state index contributed by atoms with van der Waals surface area (Å²) in [6.07, 6.45) is 5.03. The molecule has 0 bridgehead atoms. The zero-order chi connectivity index (χ0) is 15.1. The fraction of sp³-hybridized carbons (Fsp3) is 0.375. The van der Waals surface area contributed by atoms with Gasteiger partial charge in [-0.3, -0.25) is 4.79 Å². The van der Waals surface area contributed by atoms with Crippen LogP contribution in [0.4, 0.5) is 5.82 Å². The number of nitrogens with two attached hydrogens (primary N) is 1. The number of benzene rings is 1. The molecule has 2 rings (SSSR count). The molecule has 0 aliphatic rings. The van der Waals surface area contributed by atoms with Crippen molar-refractivity contribution in [2.75, 3.05) is 11.9 Å². The van der Waals surface area contributed by atoms with Gasteiger partial charge in [-0.1, -0.05) is 37.3 Å². The van der Waals surface area contributed by atoms with Crippen LogP contribution in [0, 0.1) is 0 Å². The Hall–Kier alpha value is -2.14. The Morgan fingerprint density at radius 3 is 2.81 bits per heavy atom. The minimum atomic E-state index is -0.0763. The molecule has 0 spiro atoms. The van der Waals surface area contributed by atoms with Crippen LogP contribution in [-0.4, -0.2) is 16.1 Å². The monoisotopic (exact) mass is 286 g/mol. The maximum Gasteiger partial charge on any atom is 0.293 e. The summed E-state index contributed by atoms with van der Waals surface area (Å²) in [6, 6.07) is 9.91. The van der Waals surface area contributed by atoms with E-state index in [1.54, 1.807) is 17.0 Å². The van der Waals surface area contributed by atoms with Crippen molar-refractivity contribution in [1.82, 2.24) is 9.55 Å². The van der Waals surface area contributed by atoms with E-state index in [2.05, 4.69) is 10.3 Å². The molecule has 1 heterocycles. The first-order valence-electron chi connectivity index (χ1n) is 7.32. The summed E-state index contributed by atoms with van der Waals surface area (Å²) in [4.78, 5) is 16.2. The quantitative estimate of drug-likeness (QED) is 0.818. The third kappa shape index (κ3) is 4.16. The lowest BCUT2D eigenvalue weighted by Gasteiger charge is -2.13. The lowest BCUT2D eigenvalue weighted by molar-refractivity contribution is 0.645. The van der Waals surface area contributed by atoms with Crippen LogP contribution in [0.5, 0.6) is 0 Å². The lowest BCUT2D eigenvalue weighted by Crippen LogP contribution is -2.25. The molecule has 0 saturated carbocycles. The molecule has 0 aliphatic heterocycles. The van der Waals surface area contributed by atoms with E-state index in [0.29, 0.717) is 18.9 Å². The Balaban J connectivity index is 1.92. The number of aromatic nitrogens is 2. The van der Waals surface area contributed by atoms with Crippen molar-refractivity contribution in [1.29, 1.82) is 0 Å². The molecule has 0 amide bonds. The van der Waals surface area contributed by atoms with Crippen LogP contribution in [0.1, 0.15) is 31.4 Å². The molecule has 3 N–H and O–H groups in total. The van der Waals surface area contributed by atoms with Gasteiger partial charge < -0.3 is 15.6 Å². The Kier molecular flexibility index (Phi) is 5.51. The number of anilines is 1. The second-order valence-corrected chi connectivity index (χ2v) is 5.01. The van der Waals surface area contributed by atoms with Gasteiger partial charge in [-0.05, 0) is 18.4 Å². The van der Waals surface area contributed by atoms with Crippen LogP contribution in [0.25, 0.3) is 0 Å². The highest BCUT2D eigenvalue weighted by molar-refractivity contribution is 5.30. The highest BCUT2D eigenvalue weighted by atomic mass is 16.1. The van der Waals surface area contributed by atoms with Crippen molar-refractivity contribution in [2.45, 2.75) is 32.4 Å². The Morgan fingerprint density at radius 1 is 1.33 bits per heavy atom. The third-order valence-corrected chi connectivity index (χ3v) is 3.35. The van der Waals surface area contributed by atoms with Crippen molar-refractivity contribution in [3.8, 4) is 0 Å². The summed E-state index contributed by atoms with van der Waals surface area (Å²) >= 11 is 0. The minimum Gasteiger partial charge on any atom is -0.365 e. The van der Waals surface area contributed by atoms with Crippen LogP contribution in [0.3, 0.4) is 0 Å². The van der Waals surface area contributed by atoms with E-state index in [4.69, 9.17) is 5.73 Å². The molecule has 0 fully saturated rings. The maximum absolute atomic E-state index is 12.1. The summed E-state index contributed by atoms with van der Waals surface area (Å²) in [7, 11) is 0. The van der Waals surface area contributed by atoms with Gasteiger partial charge in [-0.15, -0.1) is 0 Å². The first kappa shape index (κ1) is 15.3. The van der Waals surface area contributed by atoms with Crippen molar-refractivity contribution in [3.63, 3.8) is 0 Å². The Morgan fingerprint density at radius 2 is 2.10 bits per heavy atom. The fourth-order valence-electron chi connectivity index (χ4n) is 2.20. The van der Waals surface area contributed by atoms with E-state index in [0.717, 1.165) is 18.4 Å². The fourth-order valence-corrected chi connectivity index (χ4v) is 2.20. The average molecular weight is 286 g/mol. The molecule has 1 aromatic carbocycles. The van der Waals surface area contributed by atoms with Crippen LogP contribution >= 0.6 is 0 Å². The van der Waals surface area contributed by atoms with Gasteiger partial charge in [0.2, 0.25) is 0 Å². The molecule has 1 unspecified atom stereocenters. The van der Waals surface area contributed by atoms with E-state index >= 15 is 0 Å². The number of nitrogens with zero attached hydrogens (tertiary/aromatic N) is 2. The van der Waals surface area contributed by atoms with E-state index in [-0.39, 0.29) is 11.6 Å². The number of hydrogen-bond donors (Lipinski definition) is 2. The number of hydrogen-bond acceptors (Lipinski definition) is 4. The molecule has 1 atom stereocenters. The van der Waals surface area contributed by atoms with Crippen molar-refractivity contribution in [3.05, 3.63) is 58.6 Å². The molecule has 0 saturated heterocycles. The van der Waals surface area contributed by atoms with Crippen molar-refractivity contribution in [2.24, 2.45) is 5.73 Å². The van der Waals surface area contributed by atoms with Crippen molar-refractivity contribution < 1.29 is 0 Å². The van der Waals surface area contributed by atoms with Crippen LogP contribution < -0.4 is 16.6 Å². The molecule has 112 valence electrons. The highest BCUT2D eigenvalue weighted by Crippen LogP contribution is 2.12. The molecule has 0 aliphatic carbocycles. The molecule has 5 heteroatoms. The van der Waals surface area contributed by atoms with Gasteiger partial charge in [0.15, 0.2) is 5.82 Å². The largest absolute Gasteiger partial charge is 0.365 e. The van der Waals surface area contributed by atoms with Gasteiger partial charge in [0.05, 0.1) is 0 Å². The SMILES string of the molecule is CCCn1ccnc(NCCC(N)c2ccccc2)c1=O. The van der Waals surface area contributed by atoms with Gasteiger partial charge in [-0.2, -0.15) is 0 Å². The summed E-state index contributed by atoms with van der Waals surface area (Å²) in [5, 5.41) is 3.09. The minimum absolute atomic E-state index is 0.0414. The first-order valence-corrected chi connectivity index (χ1v) is 7.32. The van der Waals surface area contributed by atoms with Gasteiger partial charge in [0.25, 0.3) is 5.56 Å². The second kappa shape index (κ2) is 7.59. The normalized spacial score (nSPS) is 12.1. The Bertz CT molecular complexity index is 609. The van der Waals surface area contributed by atoms with Gasteiger partial charge >= 0.3 is 0 Å². The second-order valence-electron chi connectivity index (χ2n) is 5.01. The first-order chi connectivity index (χ1) is 10.2. The Labute approximate surface area is 124 Å². The zero-order valence-corrected chi connectivity index (χ0v) is 12.3.